The number of carboxylic acid groups (broad SMARTS) is 1. The molecule has 0 bridgehead atoms. The molecule has 104 valence electrons. The maximum Gasteiger partial charge on any atom is 0.354 e. The molecule has 0 fully saturated rings. The highest BCUT2D eigenvalue weighted by Gasteiger charge is 2.15. The molecule has 1 aromatic carbocycles. The van der Waals surface area contributed by atoms with Gasteiger partial charge in [-0.25, -0.2) is 9.59 Å². The highest BCUT2D eigenvalue weighted by Crippen LogP contribution is 2.19. The smallest absolute Gasteiger partial charge is 0.354 e. The van der Waals surface area contributed by atoms with Gasteiger partial charge in [0.1, 0.15) is 5.69 Å². The number of para-hydroxylation sites is 2. The van der Waals surface area contributed by atoms with Gasteiger partial charge in [0.15, 0.2) is 0 Å². The molecule has 7 nitrogen and oxygen atoms in total. The molecule has 1 heterocycles. The SMILES string of the molecule is Cc1cc(NC(=O)Nc2ccccc2N)c(C(=O)O)[nH]1. The number of nitrogen functional groups attached to an aromatic ring is 1. The molecule has 0 aliphatic carbocycles. The summed E-state index contributed by atoms with van der Waals surface area (Å²) in [4.78, 5) is 25.5. The van der Waals surface area contributed by atoms with Crippen molar-refractivity contribution in [2.75, 3.05) is 16.4 Å². The van der Waals surface area contributed by atoms with Gasteiger partial charge in [0.25, 0.3) is 0 Å². The number of urea groups is 1. The summed E-state index contributed by atoms with van der Waals surface area (Å²) < 4.78 is 0. The lowest BCUT2D eigenvalue weighted by atomic mass is 10.3. The molecule has 0 saturated carbocycles. The second kappa shape index (κ2) is 5.35. The van der Waals surface area contributed by atoms with Crippen molar-refractivity contribution in [1.29, 1.82) is 0 Å². The zero-order chi connectivity index (χ0) is 14.7. The van der Waals surface area contributed by atoms with E-state index in [1.165, 1.54) is 6.07 Å². The molecule has 0 aliphatic heterocycles. The average molecular weight is 274 g/mol. The second-order valence-electron chi connectivity index (χ2n) is 4.21. The van der Waals surface area contributed by atoms with E-state index in [2.05, 4.69) is 15.6 Å². The molecule has 0 atom stereocenters. The van der Waals surface area contributed by atoms with Crippen LogP contribution in [0.1, 0.15) is 16.2 Å². The van der Waals surface area contributed by atoms with Crippen LogP contribution in [0.4, 0.5) is 21.9 Å². The molecule has 0 unspecified atom stereocenters. The number of aromatic amines is 1. The maximum atomic E-state index is 11.8. The topological polar surface area (TPSA) is 120 Å². The standard InChI is InChI=1S/C13H14N4O3/c1-7-6-10(11(15-7)12(18)19)17-13(20)16-9-5-3-2-4-8(9)14/h2-6,15H,14H2,1H3,(H,18,19)(H2,16,17,20). The Balaban J connectivity index is 2.13. The average Bonchev–Trinajstić information content (AvgIpc) is 2.73. The Morgan fingerprint density at radius 3 is 2.50 bits per heavy atom. The number of aromatic nitrogens is 1. The number of amides is 2. The van der Waals surface area contributed by atoms with E-state index in [9.17, 15) is 9.59 Å². The molecule has 2 aromatic rings. The van der Waals surface area contributed by atoms with E-state index in [4.69, 9.17) is 10.8 Å². The van der Waals surface area contributed by atoms with Crippen LogP contribution in [-0.2, 0) is 0 Å². The normalized spacial score (nSPS) is 10.1. The molecule has 2 amide bonds. The number of H-pyrrole nitrogens is 1. The van der Waals surface area contributed by atoms with Crippen LogP contribution in [0.25, 0.3) is 0 Å². The van der Waals surface area contributed by atoms with E-state index in [0.29, 0.717) is 17.1 Å². The Morgan fingerprint density at radius 2 is 1.85 bits per heavy atom. The molecular weight excluding hydrogens is 260 g/mol. The number of hydrogen-bond donors (Lipinski definition) is 5. The van der Waals surface area contributed by atoms with Gasteiger partial charge in [0, 0.05) is 5.69 Å². The Labute approximate surface area is 114 Å². The molecule has 7 heteroatoms. The molecule has 0 radical (unpaired) electrons. The summed E-state index contributed by atoms with van der Waals surface area (Å²) in [5.74, 6) is -1.15. The lowest BCUT2D eigenvalue weighted by Crippen LogP contribution is -2.21. The van der Waals surface area contributed by atoms with E-state index >= 15 is 0 Å². The molecule has 0 aliphatic rings. The number of anilines is 3. The fourth-order valence-electron chi connectivity index (χ4n) is 1.74. The van der Waals surface area contributed by atoms with Crippen LogP contribution in [0.15, 0.2) is 30.3 Å². The lowest BCUT2D eigenvalue weighted by Gasteiger charge is -2.09. The van der Waals surface area contributed by atoms with Gasteiger partial charge in [-0.15, -0.1) is 0 Å². The minimum Gasteiger partial charge on any atom is -0.477 e. The largest absolute Gasteiger partial charge is 0.477 e. The van der Waals surface area contributed by atoms with Gasteiger partial charge in [-0.2, -0.15) is 0 Å². The van der Waals surface area contributed by atoms with Crippen molar-refractivity contribution in [3.05, 3.63) is 41.7 Å². The van der Waals surface area contributed by atoms with E-state index in [0.717, 1.165) is 0 Å². The maximum absolute atomic E-state index is 11.8. The first kappa shape index (κ1) is 13.5. The summed E-state index contributed by atoms with van der Waals surface area (Å²) in [5, 5.41) is 14.0. The van der Waals surface area contributed by atoms with Crippen LogP contribution in [0.5, 0.6) is 0 Å². The molecule has 0 saturated heterocycles. The van der Waals surface area contributed by atoms with Gasteiger partial charge < -0.3 is 26.5 Å². The highest BCUT2D eigenvalue weighted by atomic mass is 16.4. The van der Waals surface area contributed by atoms with Gasteiger partial charge in [-0.1, -0.05) is 12.1 Å². The molecule has 20 heavy (non-hydrogen) atoms. The molecule has 6 N–H and O–H groups in total. The van der Waals surface area contributed by atoms with Crippen molar-refractivity contribution in [2.45, 2.75) is 6.92 Å². The summed E-state index contributed by atoms with van der Waals surface area (Å²) >= 11 is 0. The van der Waals surface area contributed by atoms with Crippen molar-refractivity contribution in [2.24, 2.45) is 0 Å². The monoisotopic (exact) mass is 274 g/mol. The molecular formula is C13H14N4O3. The van der Waals surface area contributed by atoms with Crippen LogP contribution in [0.3, 0.4) is 0 Å². The van der Waals surface area contributed by atoms with E-state index in [-0.39, 0.29) is 11.4 Å². The summed E-state index contributed by atoms with van der Waals surface area (Å²) in [7, 11) is 0. The highest BCUT2D eigenvalue weighted by molar-refractivity contribution is 6.05. The first-order chi connectivity index (χ1) is 9.47. The molecule has 0 spiro atoms. The Hall–Kier alpha value is -2.96. The Bertz CT molecular complexity index is 663. The fraction of sp³-hybridized carbons (Fsp3) is 0.0769. The van der Waals surface area contributed by atoms with Gasteiger partial charge >= 0.3 is 12.0 Å². The molecule has 1 aromatic heterocycles. The predicted octanol–water partition coefficient (Wildman–Crippen LogP) is 2.25. The quantitative estimate of drug-likeness (QED) is 0.551. The summed E-state index contributed by atoms with van der Waals surface area (Å²) in [6.07, 6.45) is 0. The van der Waals surface area contributed by atoms with E-state index < -0.39 is 12.0 Å². The zero-order valence-electron chi connectivity index (χ0n) is 10.7. The third kappa shape index (κ3) is 2.89. The summed E-state index contributed by atoms with van der Waals surface area (Å²) in [5.41, 5.74) is 7.34. The summed E-state index contributed by atoms with van der Waals surface area (Å²) in [6, 6.07) is 7.75. The van der Waals surface area contributed by atoms with Crippen LogP contribution in [0, 0.1) is 6.92 Å². The third-order valence-electron chi connectivity index (χ3n) is 2.62. The van der Waals surface area contributed by atoms with E-state index in [1.807, 2.05) is 0 Å². The Morgan fingerprint density at radius 1 is 1.20 bits per heavy atom. The fourth-order valence-corrected chi connectivity index (χ4v) is 1.74. The van der Waals surface area contributed by atoms with Crippen molar-refractivity contribution in [3.8, 4) is 0 Å². The first-order valence-electron chi connectivity index (χ1n) is 5.83. The van der Waals surface area contributed by atoms with Crippen LogP contribution in [0.2, 0.25) is 0 Å². The first-order valence-corrected chi connectivity index (χ1v) is 5.83. The Kier molecular flexibility index (Phi) is 3.60. The minimum absolute atomic E-state index is 0.0707. The van der Waals surface area contributed by atoms with E-state index in [1.54, 1.807) is 31.2 Å². The van der Waals surface area contributed by atoms with Crippen molar-refractivity contribution < 1.29 is 14.7 Å². The number of carboxylic acids is 1. The van der Waals surface area contributed by atoms with Gasteiger partial charge in [0.05, 0.1) is 17.1 Å². The van der Waals surface area contributed by atoms with Gasteiger partial charge in [-0.3, -0.25) is 0 Å². The number of hydrogen-bond acceptors (Lipinski definition) is 3. The van der Waals surface area contributed by atoms with Gasteiger partial charge in [0.2, 0.25) is 0 Å². The number of carbonyl (C=O) groups excluding carboxylic acids is 1. The van der Waals surface area contributed by atoms with Gasteiger partial charge in [-0.05, 0) is 25.1 Å². The predicted molar refractivity (Wildman–Crippen MR) is 76.0 cm³/mol. The number of rotatable bonds is 3. The number of carbonyl (C=O) groups is 2. The number of nitrogens with two attached hydrogens (primary N) is 1. The van der Waals surface area contributed by atoms with Crippen LogP contribution >= 0.6 is 0 Å². The van der Waals surface area contributed by atoms with Crippen molar-refractivity contribution >= 4 is 29.1 Å². The number of aromatic carboxylic acids is 1. The number of aryl methyl sites for hydroxylation is 1. The number of benzene rings is 1. The third-order valence-corrected chi connectivity index (χ3v) is 2.62. The van der Waals surface area contributed by atoms with Crippen molar-refractivity contribution in [3.63, 3.8) is 0 Å². The minimum atomic E-state index is -1.15. The zero-order valence-corrected chi connectivity index (χ0v) is 10.7. The summed E-state index contributed by atoms with van der Waals surface area (Å²) in [6.45, 7) is 1.70. The lowest BCUT2D eigenvalue weighted by molar-refractivity contribution is 0.0692. The second-order valence-corrected chi connectivity index (χ2v) is 4.21. The van der Waals surface area contributed by atoms with Crippen LogP contribution in [-0.4, -0.2) is 22.1 Å². The number of nitrogens with one attached hydrogen (secondary N) is 3. The van der Waals surface area contributed by atoms with Crippen LogP contribution < -0.4 is 16.4 Å². The van der Waals surface area contributed by atoms with Crippen molar-refractivity contribution in [1.82, 2.24) is 4.98 Å². The molecule has 2 rings (SSSR count).